The van der Waals surface area contributed by atoms with Crippen molar-refractivity contribution in [1.82, 2.24) is 16.0 Å². The van der Waals surface area contributed by atoms with E-state index in [1.807, 2.05) is 0 Å². The fraction of sp³-hybridized carbons (Fsp3) is 0.353. The second-order valence-corrected chi connectivity index (χ2v) is 6.07. The molecule has 0 aliphatic carbocycles. The summed E-state index contributed by atoms with van der Waals surface area (Å²) in [7, 11) is 0. The van der Waals surface area contributed by atoms with Gasteiger partial charge in [0.05, 0.1) is 23.3 Å². The molecule has 0 fully saturated rings. The molecule has 28 heavy (non-hydrogen) atoms. The number of anilines is 1. The quantitative estimate of drug-likeness (QED) is 0.308. The summed E-state index contributed by atoms with van der Waals surface area (Å²) in [6, 6.07) is 2.85. The molecule has 6 N–H and O–H groups in total. The van der Waals surface area contributed by atoms with Crippen molar-refractivity contribution < 1.29 is 29.1 Å². The van der Waals surface area contributed by atoms with Gasteiger partial charge in [-0.1, -0.05) is 11.6 Å². The van der Waals surface area contributed by atoms with Crippen molar-refractivity contribution in [3.05, 3.63) is 28.8 Å². The number of carboxylic acid groups (broad SMARTS) is 1. The van der Waals surface area contributed by atoms with Gasteiger partial charge < -0.3 is 31.6 Å². The lowest BCUT2D eigenvalue weighted by molar-refractivity contribution is -0.134. The summed E-state index contributed by atoms with van der Waals surface area (Å²) in [5.74, 6) is -2.39. The maximum Gasteiger partial charge on any atom is 0.300 e. The van der Waals surface area contributed by atoms with E-state index in [2.05, 4.69) is 16.0 Å². The average Bonchev–Trinajstić information content (AvgIpc) is 2.61. The maximum atomic E-state index is 12.0. The van der Waals surface area contributed by atoms with Crippen molar-refractivity contribution in [3.8, 4) is 0 Å². The fourth-order valence-corrected chi connectivity index (χ4v) is 1.85. The number of halogens is 1. The van der Waals surface area contributed by atoms with Gasteiger partial charge in [0.15, 0.2) is 0 Å². The van der Waals surface area contributed by atoms with Crippen molar-refractivity contribution in [2.45, 2.75) is 32.9 Å². The lowest BCUT2D eigenvalue weighted by Crippen LogP contribution is -2.48. The molecular formula is C17H23ClN4O6. The van der Waals surface area contributed by atoms with Crippen LogP contribution in [0.1, 0.15) is 31.1 Å². The van der Waals surface area contributed by atoms with Crippen LogP contribution in [-0.4, -0.2) is 53.7 Å². The molecule has 0 spiro atoms. The number of aliphatic carboxylic acids is 1. The maximum absolute atomic E-state index is 12.0. The smallest absolute Gasteiger partial charge is 0.300 e. The number of carbonyl (C=O) groups is 5. The van der Waals surface area contributed by atoms with Crippen LogP contribution >= 0.6 is 11.6 Å². The summed E-state index contributed by atoms with van der Waals surface area (Å²) in [5, 5.41) is 14.9. The molecule has 1 aromatic carbocycles. The highest BCUT2D eigenvalue weighted by Crippen LogP contribution is 2.19. The summed E-state index contributed by atoms with van der Waals surface area (Å²) in [6.07, 6.45) is 0.570. The van der Waals surface area contributed by atoms with Crippen LogP contribution in [-0.2, 0) is 19.2 Å². The van der Waals surface area contributed by atoms with Crippen LogP contribution in [0.5, 0.6) is 0 Å². The first kappa shape index (κ1) is 24.9. The molecule has 1 aromatic rings. The molecule has 1 unspecified atom stereocenters. The Morgan fingerprint density at radius 2 is 1.79 bits per heavy atom. The van der Waals surface area contributed by atoms with Gasteiger partial charge >= 0.3 is 0 Å². The average molecular weight is 415 g/mol. The third kappa shape index (κ3) is 10.1. The Bertz CT molecular complexity index is 736. The lowest BCUT2D eigenvalue weighted by Gasteiger charge is -2.15. The van der Waals surface area contributed by atoms with E-state index in [1.165, 1.54) is 32.0 Å². The Morgan fingerprint density at radius 1 is 1.21 bits per heavy atom. The molecule has 0 heterocycles. The Balaban J connectivity index is 0.00000165. The molecule has 0 aromatic heterocycles. The van der Waals surface area contributed by atoms with Crippen LogP contribution < -0.4 is 21.7 Å². The third-order valence-electron chi connectivity index (χ3n) is 3.02. The zero-order valence-corrected chi connectivity index (χ0v) is 16.4. The number of rotatable bonds is 7. The van der Waals surface area contributed by atoms with Crippen LogP contribution in [0.4, 0.5) is 5.69 Å². The molecule has 10 nitrogen and oxygen atoms in total. The summed E-state index contributed by atoms with van der Waals surface area (Å²) < 4.78 is 0. The molecule has 0 saturated heterocycles. The SMILES string of the molecule is CC(=O)O.CC(C=O)NC(=O)CNC(=O)[C@H](C)NC(=O)c1ccc(N)c(Cl)c1. The van der Waals surface area contributed by atoms with Gasteiger partial charge in [0.25, 0.3) is 11.9 Å². The highest BCUT2D eigenvalue weighted by atomic mass is 35.5. The number of nitrogens with one attached hydrogen (secondary N) is 3. The van der Waals surface area contributed by atoms with E-state index in [1.54, 1.807) is 0 Å². The number of nitrogens with two attached hydrogens (primary N) is 1. The molecule has 2 atom stereocenters. The van der Waals surface area contributed by atoms with E-state index in [0.717, 1.165) is 6.92 Å². The third-order valence-corrected chi connectivity index (χ3v) is 3.35. The predicted octanol–water partition coefficient (Wildman–Crippen LogP) is -0.0488. The first-order valence-corrected chi connectivity index (χ1v) is 8.43. The number of carboxylic acids is 1. The monoisotopic (exact) mass is 414 g/mol. The van der Waals surface area contributed by atoms with Crippen LogP contribution in [0.3, 0.4) is 0 Å². The summed E-state index contributed by atoms with van der Waals surface area (Å²) >= 11 is 5.84. The Hall–Kier alpha value is -3.14. The van der Waals surface area contributed by atoms with Gasteiger partial charge in [-0.3, -0.25) is 19.2 Å². The van der Waals surface area contributed by atoms with Crippen LogP contribution in [0.15, 0.2) is 18.2 Å². The second kappa shape index (κ2) is 12.3. The topological polar surface area (TPSA) is 168 Å². The van der Waals surface area contributed by atoms with E-state index < -0.39 is 35.8 Å². The van der Waals surface area contributed by atoms with Crippen LogP contribution in [0, 0.1) is 0 Å². The van der Waals surface area contributed by atoms with Crippen molar-refractivity contribution in [3.63, 3.8) is 0 Å². The highest BCUT2D eigenvalue weighted by molar-refractivity contribution is 6.33. The second-order valence-electron chi connectivity index (χ2n) is 5.66. The zero-order chi connectivity index (χ0) is 21.9. The number of nitrogen functional groups attached to an aromatic ring is 1. The standard InChI is InChI=1S/C15H19ClN4O4.C2H4O2/c1-8(7-21)19-13(22)6-18-14(23)9(2)20-15(24)10-3-4-12(17)11(16)5-10;1-2(3)4/h3-5,7-9H,6,17H2,1-2H3,(H,18,23)(H,19,22)(H,20,24);1H3,(H,3,4)/t8?,9-;/m0./s1. The van der Waals surface area contributed by atoms with E-state index in [9.17, 15) is 19.2 Å². The van der Waals surface area contributed by atoms with Crippen molar-refractivity contribution in [2.24, 2.45) is 0 Å². The molecular weight excluding hydrogens is 392 g/mol. The number of aldehydes is 1. The molecule has 154 valence electrons. The molecule has 0 saturated carbocycles. The molecule has 0 radical (unpaired) electrons. The summed E-state index contributed by atoms with van der Waals surface area (Å²) in [5.41, 5.74) is 6.16. The van der Waals surface area contributed by atoms with E-state index >= 15 is 0 Å². The minimum atomic E-state index is -0.870. The minimum Gasteiger partial charge on any atom is -0.481 e. The van der Waals surface area contributed by atoms with Gasteiger partial charge in [0.1, 0.15) is 12.3 Å². The van der Waals surface area contributed by atoms with Crippen LogP contribution in [0.25, 0.3) is 0 Å². The van der Waals surface area contributed by atoms with E-state index in [4.69, 9.17) is 27.2 Å². The van der Waals surface area contributed by atoms with E-state index in [-0.39, 0.29) is 17.1 Å². The number of hydrogen-bond acceptors (Lipinski definition) is 6. The molecule has 0 bridgehead atoms. The van der Waals surface area contributed by atoms with Gasteiger partial charge in [0, 0.05) is 12.5 Å². The molecule has 1 rings (SSSR count). The zero-order valence-electron chi connectivity index (χ0n) is 15.6. The summed E-state index contributed by atoms with van der Waals surface area (Å²) in [4.78, 5) is 54.8. The minimum absolute atomic E-state index is 0.237. The van der Waals surface area contributed by atoms with Gasteiger partial charge in [-0.25, -0.2) is 0 Å². The number of benzene rings is 1. The van der Waals surface area contributed by atoms with Crippen LogP contribution in [0.2, 0.25) is 5.02 Å². The first-order chi connectivity index (χ1) is 13.0. The Morgan fingerprint density at radius 3 is 2.29 bits per heavy atom. The van der Waals surface area contributed by atoms with Crippen molar-refractivity contribution in [2.75, 3.05) is 12.3 Å². The number of hydrogen-bond donors (Lipinski definition) is 5. The Labute approximate surface area is 166 Å². The molecule has 0 aliphatic rings. The number of carbonyl (C=O) groups excluding carboxylic acids is 4. The fourth-order valence-electron chi connectivity index (χ4n) is 1.67. The van der Waals surface area contributed by atoms with Gasteiger partial charge in [0.2, 0.25) is 11.8 Å². The first-order valence-electron chi connectivity index (χ1n) is 8.05. The molecule has 0 aliphatic heterocycles. The largest absolute Gasteiger partial charge is 0.481 e. The van der Waals surface area contributed by atoms with Gasteiger partial charge in [-0.15, -0.1) is 0 Å². The summed E-state index contributed by atoms with van der Waals surface area (Å²) in [6.45, 7) is 3.76. The highest BCUT2D eigenvalue weighted by Gasteiger charge is 2.18. The van der Waals surface area contributed by atoms with Crippen molar-refractivity contribution >= 4 is 47.3 Å². The van der Waals surface area contributed by atoms with Gasteiger partial charge in [-0.05, 0) is 32.0 Å². The van der Waals surface area contributed by atoms with Gasteiger partial charge in [-0.2, -0.15) is 0 Å². The van der Waals surface area contributed by atoms with E-state index in [0.29, 0.717) is 12.0 Å². The lowest BCUT2D eigenvalue weighted by atomic mass is 10.2. The molecule has 11 heteroatoms. The normalized spacial score (nSPS) is 11.7. The molecule has 3 amide bonds. The number of amides is 3. The van der Waals surface area contributed by atoms with Crippen molar-refractivity contribution in [1.29, 1.82) is 0 Å². The predicted molar refractivity (Wildman–Crippen MR) is 103 cm³/mol. The Kier molecular flexibility index (Phi) is 10.9.